The first-order valence-corrected chi connectivity index (χ1v) is 11.0. The van der Waals surface area contributed by atoms with Crippen molar-refractivity contribution in [3.05, 3.63) is 46.9 Å². The average Bonchev–Trinajstić information content (AvgIpc) is 3.29. The van der Waals surface area contributed by atoms with E-state index in [1.165, 1.54) is 6.07 Å². The number of aromatic amines is 1. The molecule has 0 aliphatic carbocycles. The van der Waals surface area contributed by atoms with Crippen LogP contribution in [0.1, 0.15) is 41.8 Å². The molecule has 1 saturated heterocycles. The summed E-state index contributed by atoms with van der Waals surface area (Å²) in [5, 5.41) is 20.2. The van der Waals surface area contributed by atoms with Crippen LogP contribution < -0.4 is 16.8 Å². The molecule has 2 aromatic heterocycles. The molecule has 1 fully saturated rings. The third kappa shape index (κ3) is 4.10. The minimum atomic E-state index is -1.20. The average molecular weight is 479 g/mol. The summed E-state index contributed by atoms with van der Waals surface area (Å²) in [5.74, 6) is -2.59. The van der Waals surface area contributed by atoms with Gasteiger partial charge in [0.15, 0.2) is 5.69 Å². The third-order valence-electron chi connectivity index (χ3n) is 5.85. The zero-order valence-electron chi connectivity index (χ0n) is 18.1. The quantitative estimate of drug-likeness (QED) is 0.387. The number of nitrogens with zero attached hydrogens (tertiary/aromatic N) is 2. The second-order valence-electron chi connectivity index (χ2n) is 8.37. The Morgan fingerprint density at radius 3 is 2.73 bits per heavy atom. The highest BCUT2D eigenvalue weighted by molar-refractivity contribution is 7.19. The van der Waals surface area contributed by atoms with Crippen molar-refractivity contribution < 1.29 is 23.4 Å². The number of benzene rings is 1. The summed E-state index contributed by atoms with van der Waals surface area (Å²) < 4.78 is 34.1. The van der Waals surface area contributed by atoms with Crippen molar-refractivity contribution in [1.29, 1.82) is 0 Å². The van der Waals surface area contributed by atoms with Gasteiger partial charge in [-0.05, 0) is 26.0 Å². The van der Waals surface area contributed by atoms with Crippen molar-refractivity contribution in [2.24, 2.45) is 11.7 Å². The summed E-state index contributed by atoms with van der Waals surface area (Å²) >= 11 is 0.807. The number of thiazole rings is 1. The molecule has 1 amide bonds. The number of aromatic nitrogens is 3. The number of carbonyl (C=O) groups excluding carboxylic acids is 1. The molecule has 0 saturated carbocycles. The lowest BCUT2D eigenvalue weighted by Gasteiger charge is -2.43. The summed E-state index contributed by atoms with van der Waals surface area (Å²) in [6.45, 7) is 5.13. The molecule has 4 unspecified atom stereocenters. The number of amides is 1. The van der Waals surface area contributed by atoms with Crippen LogP contribution >= 0.6 is 11.3 Å². The van der Waals surface area contributed by atoms with Crippen molar-refractivity contribution in [3.8, 4) is 10.6 Å². The Hall–Kier alpha value is -2.93. The first-order valence-electron chi connectivity index (χ1n) is 10.2. The molecule has 0 spiro atoms. The molecule has 33 heavy (non-hydrogen) atoms. The normalized spacial score (nSPS) is 25.2. The number of halogens is 2. The van der Waals surface area contributed by atoms with Gasteiger partial charge in [-0.3, -0.25) is 9.89 Å². The van der Waals surface area contributed by atoms with Crippen molar-refractivity contribution in [2.75, 3.05) is 17.7 Å². The van der Waals surface area contributed by atoms with E-state index in [2.05, 4.69) is 20.5 Å². The molecule has 1 aliphatic rings. The number of rotatable bonds is 4. The van der Waals surface area contributed by atoms with Crippen LogP contribution in [0.2, 0.25) is 0 Å². The summed E-state index contributed by atoms with van der Waals surface area (Å²) in [4.78, 5) is 17.1. The van der Waals surface area contributed by atoms with E-state index >= 15 is 0 Å². The molecule has 0 bridgehead atoms. The highest BCUT2D eigenvalue weighted by Gasteiger charge is 2.44. The summed E-state index contributed by atoms with van der Waals surface area (Å²) in [6, 6.07) is 2.86. The first-order chi connectivity index (χ1) is 15.5. The number of nitrogen functional groups attached to an aromatic ring is 1. The Morgan fingerprint density at radius 1 is 1.39 bits per heavy atom. The number of hydrogen-bond donors (Lipinski definition) is 5. The van der Waals surface area contributed by atoms with Crippen molar-refractivity contribution >= 4 is 27.9 Å². The van der Waals surface area contributed by atoms with Gasteiger partial charge in [0.05, 0.1) is 23.6 Å². The molecule has 176 valence electrons. The van der Waals surface area contributed by atoms with Crippen molar-refractivity contribution in [2.45, 2.75) is 38.5 Å². The maximum absolute atomic E-state index is 14.1. The molecule has 7 N–H and O–H groups in total. The van der Waals surface area contributed by atoms with Crippen LogP contribution in [0.15, 0.2) is 18.2 Å². The zero-order valence-corrected chi connectivity index (χ0v) is 19.0. The number of aliphatic hydroxyl groups is 1. The van der Waals surface area contributed by atoms with Gasteiger partial charge in [0.2, 0.25) is 0 Å². The Balaban J connectivity index is 1.62. The van der Waals surface area contributed by atoms with E-state index < -0.39 is 35.3 Å². The van der Waals surface area contributed by atoms with Gasteiger partial charge in [-0.2, -0.15) is 5.10 Å². The van der Waals surface area contributed by atoms with E-state index in [4.69, 9.17) is 16.2 Å². The molecule has 9 nitrogen and oxygen atoms in total. The molecule has 4 atom stereocenters. The predicted molar refractivity (Wildman–Crippen MR) is 120 cm³/mol. The van der Waals surface area contributed by atoms with Gasteiger partial charge in [0.1, 0.15) is 39.0 Å². The van der Waals surface area contributed by atoms with Gasteiger partial charge in [-0.25, -0.2) is 13.8 Å². The molecule has 4 rings (SSSR count). The maximum Gasteiger partial charge on any atom is 0.277 e. The third-order valence-corrected chi connectivity index (χ3v) is 6.75. The molecule has 1 aliphatic heterocycles. The Labute approximate surface area is 192 Å². The fraction of sp³-hybridized carbons (Fsp3) is 0.381. The predicted octanol–water partition coefficient (Wildman–Crippen LogP) is 2.74. The fourth-order valence-electron chi connectivity index (χ4n) is 3.88. The van der Waals surface area contributed by atoms with Gasteiger partial charge in [0, 0.05) is 12.0 Å². The number of ether oxygens (including phenoxy) is 1. The monoisotopic (exact) mass is 478 g/mol. The highest BCUT2D eigenvalue weighted by Crippen LogP contribution is 2.40. The molecule has 12 heteroatoms. The van der Waals surface area contributed by atoms with Crippen LogP contribution in [-0.4, -0.2) is 44.4 Å². The molecule has 3 aromatic rings. The first kappa shape index (κ1) is 23.2. The Bertz CT molecular complexity index is 1190. The van der Waals surface area contributed by atoms with Crippen LogP contribution in [0.25, 0.3) is 10.6 Å². The molecule has 1 aromatic carbocycles. The maximum atomic E-state index is 14.1. The van der Waals surface area contributed by atoms with Gasteiger partial charge in [-0.1, -0.05) is 24.3 Å². The van der Waals surface area contributed by atoms with Crippen LogP contribution in [0.4, 0.5) is 19.5 Å². The topological polar surface area (TPSA) is 152 Å². The van der Waals surface area contributed by atoms with E-state index in [1.54, 1.807) is 13.8 Å². The van der Waals surface area contributed by atoms with Gasteiger partial charge in [-0.15, -0.1) is 0 Å². The number of H-pyrrole nitrogens is 1. The smallest absolute Gasteiger partial charge is 0.277 e. The van der Waals surface area contributed by atoms with E-state index in [0.29, 0.717) is 17.1 Å². The molecular weight excluding hydrogens is 454 g/mol. The minimum Gasteiger partial charge on any atom is -0.389 e. The SMILES string of the molecule is Cc1[nH]nc(C2OCC(C)(O)C(N)C2C)c1NC(=O)c1nc(-c2c(F)cccc2F)sc1N. The van der Waals surface area contributed by atoms with Crippen molar-refractivity contribution in [3.63, 3.8) is 0 Å². The lowest BCUT2D eigenvalue weighted by atomic mass is 9.81. The van der Waals surface area contributed by atoms with Gasteiger partial charge < -0.3 is 26.6 Å². The van der Waals surface area contributed by atoms with Crippen LogP contribution in [0.3, 0.4) is 0 Å². The van der Waals surface area contributed by atoms with Crippen LogP contribution in [0.5, 0.6) is 0 Å². The summed E-state index contributed by atoms with van der Waals surface area (Å²) in [6.07, 6.45) is -0.587. The van der Waals surface area contributed by atoms with E-state index in [-0.39, 0.29) is 33.8 Å². The highest BCUT2D eigenvalue weighted by atomic mass is 32.1. The van der Waals surface area contributed by atoms with E-state index in [1.807, 2.05) is 6.92 Å². The molecule has 0 radical (unpaired) electrons. The second kappa shape index (κ2) is 8.45. The van der Waals surface area contributed by atoms with Gasteiger partial charge in [0.25, 0.3) is 5.91 Å². The second-order valence-corrected chi connectivity index (χ2v) is 9.40. The van der Waals surface area contributed by atoms with Crippen LogP contribution in [0, 0.1) is 24.5 Å². The lowest BCUT2D eigenvalue weighted by molar-refractivity contribution is -0.150. The number of aryl methyl sites for hydroxylation is 1. The van der Waals surface area contributed by atoms with Crippen molar-refractivity contribution in [1.82, 2.24) is 15.2 Å². The van der Waals surface area contributed by atoms with Gasteiger partial charge >= 0.3 is 0 Å². The number of nitrogens with two attached hydrogens (primary N) is 2. The summed E-state index contributed by atoms with van der Waals surface area (Å²) in [5.41, 5.74) is 11.8. The number of carbonyl (C=O) groups is 1. The van der Waals surface area contributed by atoms with Crippen LogP contribution in [-0.2, 0) is 4.74 Å². The Kier molecular flexibility index (Phi) is 5.95. The fourth-order valence-corrected chi connectivity index (χ4v) is 4.75. The Morgan fingerprint density at radius 2 is 2.06 bits per heavy atom. The minimum absolute atomic E-state index is 0.000927. The molecule has 3 heterocycles. The number of hydrogen-bond acceptors (Lipinski definition) is 8. The lowest BCUT2D eigenvalue weighted by Crippen LogP contribution is -2.58. The molecular formula is C21H24F2N6O3S. The largest absolute Gasteiger partial charge is 0.389 e. The zero-order chi connectivity index (χ0) is 24.1. The van der Waals surface area contributed by atoms with E-state index in [0.717, 1.165) is 23.5 Å². The number of anilines is 2. The van der Waals surface area contributed by atoms with E-state index in [9.17, 15) is 18.7 Å². The number of nitrogens with one attached hydrogen (secondary N) is 2. The summed E-state index contributed by atoms with van der Waals surface area (Å²) in [7, 11) is 0. The standard InChI is InChI=1S/C21H24F2N6O3S/c1-8-16(32-7-21(3,31)17(8)24)14-13(9(2)28-29-14)26-19(30)15-18(25)33-20(27-15)12-10(22)5-4-6-11(12)23/h4-6,8,16-17,31H,7,24-25H2,1-3H3,(H,26,30)(H,28,29).